The molecule has 0 unspecified atom stereocenters. The SMILES string of the molecule is N#Cc1cccc(-c2ccc(-n3c4ccccc4c4cc(C(F)(F)F)ccc43)c(-c3ccc(-n4c5ccccc5c5cc(C(F)(F)F)ccc54)c(-c4nc(-c5ccccc5)nc(-c5ccccc5)n4)c3)c2)c1. The van der Waals surface area contributed by atoms with E-state index in [1.807, 2.05) is 143 Å². The Bertz CT molecular complexity index is 4090. The second kappa shape index (κ2) is 17.0. The minimum Gasteiger partial charge on any atom is -0.309 e. The highest BCUT2D eigenvalue weighted by Crippen LogP contribution is 2.44. The van der Waals surface area contributed by atoms with Crippen LogP contribution in [0.5, 0.6) is 0 Å². The lowest BCUT2D eigenvalue weighted by molar-refractivity contribution is -0.138. The van der Waals surface area contributed by atoms with Crippen LogP contribution in [0, 0.1) is 11.3 Å². The fourth-order valence-electron chi connectivity index (χ4n) is 9.73. The molecule has 3 aromatic heterocycles. The molecule has 0 bridgehead atoms. The predicted molar refractivity (Wildman–Crippen MR) is 270 cm³/mol. The van der Waals surface area contributed by atoms with Crippen molar-refractivity contribution in [1.29, 1.82) is 5.26 Å². The lowest BCUT2D eigenvalue weighted by Gasteiger charge is -2.19. The third kappa shape index (κ3) is 7.59. The Labute approximate surface area is 407 Å². The molecule has 0 aliphatic carbocycles. The molecule has 9 aromatic carbocycles. The van der Waals surface area contributed by atoms with Crippen LogP contribution in [0.25, 0.3) is 111 Å². The van der Waals surface area contributed by atoms with Crippen molar-refractivity contribution in [3.8, 4) is 73.9 Å². The Hall–Kier alpha value is -9.34. The highest BCUT2D eigenvalue weighted by molar-refractivity contribution is 6.11. The molecule has 0 spiro atoms. The second-order valence-electron chi connectivity index (χ2n) is 17.4. The summed E-state index contributed by atoms with van der Waals surface area (Å²) in [5.41, 5.74) is 7.29. The number of nitriles is 1. The Morgan fingerprint density at radius 1 is 0.347 bits per heavy atom. The summed E-state index contributed by atoms with van der Waals surface area (Å²) in [6.45, 7) is 0. The molecule has 3 heterocycles. The number of para-hydroxylation sites is 2. The van der Waals surface area contributed by atoms with Crippen LogP contribution in [0.2, 0.25) is 0 Å². The number of halogens is 6. The number of fused-ring (bicyclic) bond motifs is 6. The molecule has 72 heavy (non-hydrogen) atoms. The van der Waals surface area contributed by atoms with Gasteiger partial charge in [-0.3, -0.25) is 0 Å². The van der Waals surface area contributed by atoms with Gasteiger partial charge in [0.1, 0.15) is 0 Å². The number of alkyl halides is 6. The minimum atomic E-state index is -4.59. The standard InChI is InChI=1S/C60H34F6N6/c61-59(62,63)42-24-28-53-47(33-42)44-18-7-9-20-50(44)71(53)52-26-22-40(39-17-11-12-36(30-39)35-67)31-46(52)41-23-27-55(72-51-21-10-8-19-45(51)48-34-43(60(64,65)66)25-29-54(48)72)49(32-41)58-69-56(37-13-3-1-4-14-37)68-57(70-58)38-15-5-2-6-16-38/h1-34H. The van der Waals surface area contributed by atoms with Crippen LogP contribution < -0.4 is 0 Å². The number of hydrogen-bond donors (Lipinski definition) is 0. The van der Waals surface area contributed by atoms with Crippen molar-refractivity contribution in [2.75, 3.05) is 0 Å². The van der Waals surface area contributed by atoms with Crippen molar-refractivity contribution in [3.05, 3.63) is 223 Å². The number of benzene rings is 9. The minimum absolute atomic E-state index is 0.272. The summed E-state index contributed by atoms with van der Waals surface area (Å²) < 4.78 is 89.8. The first-order valence-corrected chi connectivity index (χ1v) is 22.8. The molecule has 0 N–H and O–H groups in total. The fraction of sp³-hybridized carbons (Fsp3) is 0.0333. The predicted octanol–water partition coefficient (Wildman–Crippen LogP) is 16.3. The molecular formula is C60H34F6N6. The lowest BCUT2D eigenvalue weighted by Crippen LogP contribution is -2.05. The Kier molecular flexibility index (Phi) is 10.3. The summed E-state index contributed by atoms with van der Waals surface area (Å²) in [7, 11) is 0. The Morgan fingerprint density at radius 3 is 1.31 bits per heavy atom. The van der Waals surface area contributed by atoms with E-state index in [1.165, 1.54) is 24.3 Å². The fourth-order valence-corrected chi connectivity index (χ4v) is 9.73. The van der Waals surface area contributed by atoms with Gasteiger partial charge in [0, 0.05) is 43.8 Å². The monoisotopic (exact) mass is 952 g/mol. The molecule has 0 aliphatic heterocycles. The number of hydrogen-bond acceptors (Lipinski definition) is 4. The first kappa shape index (κ1) is 43.9. The Balaban J connectivity index is 1.19. The zero-order valence-corrected chi connectivity index (χ0v) is 37.6. The van der Waals surface area contributed by atoms with Crippen molar-refractivity contribution in [3.63, 3.8) is 0 Å². The van der Waals surface area contributed by atoms with Gasteiger partial charge in [-0.15, -0.1) is 0 Å². The summed E-state index contributed by atoms with van der Waals surface area (Å²) in [5.74, 6) is 1.04. The maximum Gasteiger partial charge on any atom is 0.416 e. The summed E-state index contributed by atoms with van der Waals surface area (Å²) >= 11 is 0. The van der Waals surface area contributed by atoms with Gasteiger partial charge in [0.2, 0.25) is 0 Å². The first-order chi connectivity index (χ1) is 34.9. The van der Waals surface area contributed by atoms with Crippen molar-refractivity contribution in [1.82, 2.24) is 24.1 Å². The van der Waals surface area contributed by atoms with Crippen LogP contribution in [0.1, 0.15) is 16.7 Å². The molecule has 0 saturated carbocycles. The normalized spacial score (nSPS) is 12.0. The van der Waals surface area contributed by atoms with Gasteiger partial charge >= 0.3 is 12.4 Å². The van der Waals surface area contributed by atoms with Gasteiger partial charge in [-0.1, -0.05) is 121 Å². The van der Waals surface area contributed by atoms with Crippen LogP contribution >= 0.6 is 0 Å². The number of rotatable bonds is 7. The molecule has 0 atom stereocenters. The first-order valence-electron chi connectivity index (χ1n) is 22.8. The molecule has 12 aromatic rings. The van der Waals surface area contributed by atoms with Gasteiger partial charge in [-0.2, -0.15) is 31.6 Å². The zero-order valence-electron chi connectivity index (χ0n) is 37.6. The largest absolute Gasteiger partial charge is 0.416 e. The van der Waals surface area contributed by atoms with Crippen LogP contribution in [-0.2, 0) is 12.4 Å². The number of nitrogens with zero attached hydrogens (tertiary/aromatic N) is 6. The third-order valence-electron chi connectivity index (χ3n) is 13.1. The van der Waals surface area contributed by atoms with E-state index in [0.29, 0.717) is 88.9 Å². The number of aromatic nitrogens is 5. The highest BCUT2D eigenvalue weighted by atomic mass is 19.4. The van der Waals surface area contributed by atoms with E-state index in [4.69, 9.17) is 15.0 Å². The smallest absolute Gasteiger partial charge is 0.309 e. The maximum atomic E-state index is 14.3. The van der Waals surface area contributed by atoms with E-state index < -0.39 is 23.5 Å². The third-order valence-corrected chi connectivity index (χ3v) is 13.1. The van der Waals surface area contributed by atoms with E-state index in [9.17, 15) is 31.6 Å². The lowest BCUT2D eigenvalue weighted by atomic mass is 9.94. The summed E-state index contributed by atoms with van der Waals surface area (Å²) in [5, 5.41) is 11.9. The van der Waals surface area contributed by atoms with E-state index in [-0.39, 0.29) is 5.82 Å². The molecule has 12 rings (SSSR count). The molecular weight excluding hydrogens is 919 g/mol. The molecule has 0 fully saturated rings. The summed E-state index contributed by atoms with van der Waals surface area (Å²) in [6, 6.07) is 62.1. The van der Waals surface area contributed by atoms with E-state index in [0.717, 1.165) is 34.4 Å². The quantitative estimate of drug-likeness (QED) is 0.149. The van der Waals surface area contributed by atoms with Gasteiger partial charge in [0.25, 0.3) is 0 Å². The molecule has 12 heteroatoms. The van der Waals surface area contributed by atoms with Gasteiger partial charge in [0.15, 0.2) is 17.5 Å². The molecule has 0 saturated heterocycles. The summed E-state index contributed by atoms with van der Waals surface area (Å²) in [6.07, 6.45) is -9.16. The molecule has 346 valence electrons. The van der Waals surface area contributed by atoms with Crippen molar-refractivity contribution < 1.29 is 26.3 Å². The topological polar surface area (TPSA) is 72.3 Å². The van der Waals surface area contributed by atoms with Gasteiger partial charge < -0.3 is 9.13 Å². The van der Waals surface area contributed by atoms with E-state index in [1.54, 1.807) is 36.4 Å². The summed E-state index contributed by atoms with van der Waals surface area (Å²) in [4.78, 5) is 15.3. The highest BCUT2D eigenvalue weighted by Gasteiger charge is 2.33. The molecule has 0 radical (unpaired) electrons. The molecule has 0 amide bonds. The van der Waals surface area contributed by atoms with Gasteiger partial charge in [0.05, 0.1) is 56.2 Å². The maximum absolute atomic E-state index is 14.3. The zero-order chi connectivity index (χ0) is 49.3. The average Bonchev–Trinajstić information content (AvgIpc) is 3.92. The van der Waals surface area contributed by atoms with Crippen LogP contribution in [0.15, 0.2) is 206 Å². The van der Waals surface area contributed by atoms with Crippen molar-refractivity contribution in [2.45, 2.75) is 12.4 Å². The van der Waals surface area contributed by atoms with Gasteiger partial charge in [-0.05, 0) is 102 Å². The van der Waals surface area contributed by atoms with Gasteiger partial charge in [-0.25, -0.2) is 15.0 Å². The van der Waals surface area contributed by atoms with Crippen LogP contribution in [-0.4, -0.2) is 24.1 Å². The van der Waals surface area contributed by atoms with Crippen molar-refractivity contribution in [2.24, 2.45) is 0 Å². The van der Waals surface area contributed by atoms with E-state index in [2.05, 4.69) is 6.07 Å². The Morgan fingerprint density at radius 2 is 0.778 bits per heavy atom. The second-order valence-corrected chi connectivity index (χ2v) is 17.4. The average molecular weight is 953 g/mol. The van der Waals surface area contributed by atoms with Crippen LogP contribution in [0.3, 0.4) is 0 Å². The molecule has 6 nitrogen and oxygen atoms in total. The molecule has 0 aliphatic rings. The van der Waals surface area contributed by atoms with E-state index >= 15 is 0 Å². The van der Waals surface area contributed by atoms with Crippen LogP contribution in [0.4, 0.5) is 26.3 Å². The van der Waals surface area contributed by atoms with Crippen molar-refractivity contribution >= 4 is 43.6 Å².